The van der Waals surface area contributed by atoms with E-state index in [0.717, 1.165) is 70.6 Å². The van der Waals surface area contributed by atoms with Gasteiger partial charge in [0.25, 0.3) is 0 Å². The Kier molecular flexibility index (Phi) is 34.7. The lowest BCUT2D eigenvalue weighted by atomic mass is 10.0. The van der Waals surface area contributed by atoms with Gasteiger partial charge in [-0.3, -0.25) is 14.4 Å². The van der Waals surface area contributed by atoms with E-state index >= 15 is 0 Å². The molecular weight excluding hydrogens is 600 g/mol. The normalized spacial score (nSPS) is 12.6. The first-order chi connectivity index (χ1) is 23.5. The van der Waals surface area contributed by atoms with E-state index < -0.39 is 12.1 Å². The van der Waals surface area contributed by atoms with E-state index in [1.807, 2.05) is 6.08 Å². The van der Waals surface area contributed by atoms with Gasteiger partial charge in [0.2, 0.25) is 0 Å². The minimum atomic E-state index is -0.829. The average molecular weight is 671 g/mol. The zero-order valence-electron chi connectivity index (χ0n) is 31.0. The Morgan fingerprint density at radius 2 is 0.875 bits per heavy atom. The molecule has 0 bridgehead atoms. The Morgan fingerprint density at radius 3 is 1.38 bits per heavy atom. The fourth-order valence-corrected chi connectivity index (χ4v) is 4.95. The van der Waals surface area contributed by atoms with Crippen molar-refractivity contribution in [3.63, 3.8) is 0 Å². The van der Waals surface area contributed by atoms with Crippen LogP contribution in [0.15, 0.2) is 60.8 Å². The summed E-state index contributed by atoms with van der Waals surface area (Å²) in [5.41, 5.74) is 0. The molecule has 274 valence electrons. The van der Waals surface area contributed by atoms with Crippen LogP contribution in [-0.4, -0.2) is 37.2 Å². The van der Waals surface area contributed by atoms with Crippen LogP contribution in [0, 0.1) is 0 Å². The van der Waals surface area contributed by atoms with Crippen LogP contribution in [0.25, 0.3) is 0 Å². The molecule has 0 amide bonds. The fourth-order valence-electron chi connectivity index (χ4n) is 4.95. The minimum absolute atomic E-state index is 0.0998. The lowest BCUT2D eigenvalue weighted by molar-refractivity contribution is -0.166. The van der Waals surface area contributed by atoms with Crippen LogP contribution < -0.4 is 0 Å². The van der Waals surface area contributed by atoms with Crippen molar-refractivity contribution in [1.82, 2.24) is 0 Å². The fraction of sp³-hybridized carbons (Fsp3) is 0.690. The number of carbonyl (C=O) groups excluding carboxylic acids is 3. The van der Waals surface area contributed by atoms with E-state index in [4.69, 9.17) is 14.2 Å². The number of hydrogen-bond acceptors (Lipinski definition) is 6. The molecule has 6 nitrogen and oxygen atoms in total. The van der Waals surface area contributed by atoms with Crippen LogP contribution in [0.5, 0.6) is 0 Å². The predicted molar refractivity (Wildman–Crippen MR) is 201 cm³/mol. The zero-order chi connectivity index (χ0) is 35.2. The predicted octanol–water partition coefficient (Wildman–Crippen LogP) is 11.8. The minimum Gasteiger partial charge on any atom is -0.462 e. The molecule has 0 aliphatic carbocycles. The number of unbranched alkanes of at least 4 members (excludes halogenated alkanes) is 13. The number of carbonyl (C=O) groups is 3. The molecule has 0 spiro atoms. The lowest BCUT2D eigenvalue weighted by Crippen LogP contribution is -2.30. The van der Waals surface area contributed by atoms with E-state index in [-0.39, 0.29) is 31.6 Å². The smallest absolute Gasteiger partial charge is 0.310 e. The maximum absolute atomic E-state index is 12.5. The van der Waals surface area contributed by atoms with Crippen molar-refractivity contribution in [2.24, 2.45) is 0 Å². The van der Waals surface area contributed by atoms with Crippen LogP contribution in [0.3, 0.4) is 0 Å². The highest BCUT2D eigenvalue weighted by Crippen LogP contribution is 2.13. The van der Waals surface area contributed by atoms with Gasteiger partial charge in [-0.2, -0.15) is 0 Å². The summed E-state index contributed by atoms with van der Waals surface area (Å²) in [6.45, 7) is 6.23. The van der Waals surface area contributed by atoms with Gasteiger partial charge in [0.05, 0.1) is 6.42 Å². The van der Waals surface area contributed by atoms with Gasteiger partial charge in [0.1, 0.15) is 13.2 Å². The molecule has 0 aromatic heterocycles. The molecule has 0 aromatic carbocycles. The van der Waals surface area contributed by atoms with E-state index in [2.05, 4.69) is 69.4 Å². The van der Waals surface area contributed by atoms with Gasteiger partial charge in [-0.05, 0) is 57.8 Å². The van der Waals surface area contributed by atoms with Crippen molar-refractivity contribution in [2.45, 2.75) is 175 Å². The van der Waals surface area contributed by atoms with E-state index in [1.54, 1.807) is 6.08 Å². The maximum Gasteiger partial charge on any atom is 0.310 e. The first kappa shape index (κ1) is 45.1. The third-order valence-corrected chi connectivity index (χ3v) is 7.80. The maximum atomic E-state index is 12.5. The zero-order valence-corrected chi connectivity index (χ0v) is 31.0. The number of ether oxygens (including phenoxy) is 3. The lowest BCUT2D eigenvalue weighted by Gasteiger charge is -2.18. The highest BCUT2D eigenvalue weighted by molar-refractivity contribution is 5.72. The number of hydrogen-bond donors (Lipinski definition) is 0. The van der Waals surface area contributed by atoms with E-state index in [1.165, 1.54) is 57.8 Å². The van der Waals surface area contributed by atoms with Gasteiger partial charge in [0, 0.05) is 12.8 Å². The summed E-state index contributed by atoms with van der Waals surface area (Å²) in [5, 5.41) is 0. The molecule has 0 saturated carbocycles. The molecule has 0 aliphatic heterocycles. The van der Waals surface area contributed by atoms with Crippen LogP contribution in [-0.2, 0) is 28.6 Å². The molecule has 1 unspecified atom stereocenters. The number of rotatable bonds is 33. The van der Waals surface area contributed by atoms with Crippen molar-refractivity contribution >= 4 is 17.9 Å². The SMILES string of the molecule is CC/C=C\C/C=C\C/C=C\CC(=O)OC(COC(=O)CCCC/C=C\C/C=C\CC)COC(=O)CCCCCCCCCCCCCC. The molecule has 0 fully saturated rings. The molecule has 0 rings (SSSR count). The Hall–Kier alpha value is -2.89. The average Bonchev–Trinajstić information content (AvgIpc) is 3.08. The Morgan fingerprint density at radius 1 is 0.458 bits per heavy atom. The van der Waals surface area contributed by atoms with Crippen molar-refractivity contribution < 1.29 is 28.6 Å². The molecule has 0 radical (unpaired) electrons. The number of esters is 3. The van der Waals surface area contributed by atoms with Crippen molar-refractivity contribution in [3.8, 4) is 0 Å². The Balaban J connectivity index is 4.48. The highest BCUT2D eigenvalue weighted by Gasteiger charge is 2.19. The Bertz CT molecular complexity index is 913. The summed E-state index contributed by atoms with van der Waals surface area (Å²) in [6.07, 6.45) is 42.5. The molecule has 48 heavy (non-hydrogen) atoms. The molecule has 0 heterocycles. The van der Waals surface area contributed by atoms with Gasteiger partial charge in [0.15, 0.2) is 6.10 Å². The quantitative estimate of drug-likeness (QED) is 0.0299. The third kappa shape index (κ3) is 34.4. The van der Waals surface area contributed by atoms with Crippen LogP contribution in [0.1, 0.15) is 168 Å². The summed E-state index contributed by atoms with van der Waals surface area (Å²) in [4.78, 5) is 37.3. The highest BCUT2D eigenvalue weighted by atomic mass is 16.6. The Labute approximate surface area is 294 Å². The molecule has 0 N–H and O–H groups in total. The summed E-state index contributed by atoms with van der Waals surface area (Å²) in [5.74, 6) is -1.10. The molecule has 0 aromatic rings. The van der Waals surface area contributed by atoms with Crippen LogP contribution >= 0.6 is 0 Å². The standard InChI is InChI=1S/C42H70O6/c1-4-7-10-13-16-19-20-21-24-26-29-32-35-41(44)47-38-39(48-42(45)36-33-30-27-23-18-15-12-9-6-3)37-46-40(43)34-31-28-25-22-17-14-11-8-5-2/h8-9,11-12,17-18,22-23,30,33,39H,4-7,10,13-16,19-21,24-29,31-32,34-38H2,1-3H3/b11-8-,12-9-,22-17-,23-18-,33-30-. The summed E-state index contributed by atoms with van der Waals surface area (Å²) < 4.78 is 16.4. The van der Waals surface area contributed by atoms with Gasteiger partial charge < -0.3 is 14.2 Å². The van der Waals surface area contributed by atoms with Crippen molar-refractivity contribution in [2.75, 3.05) is 13.2 Å². The van der Waals surface area contributed by atoms with Gasteiger partial charge in [-0.25, -0.2) is 0 Å². The van der Waals surface area contributed by atoms with Crippen molar-refractivity contribution in [3.05, 3.63) is 60.8 Å². The molecular formula is C42H70O6. The molecule has 6 heteroatoms. The first-order valence-corrected chi connectivity index (χ1v) is 19.3. The summed E-state index contributed by atoms with van der Waals surface area (Å²) in [6, 6.07) is 0. The van der Waals surface area contributed by atoms with E-state index in [9.17, 15) is 14.4 Å². The number of allylic oxidation sites excluding steroid dienone is 9. The largest absolute Gasteiger partial charge is 0.462 e. The van der Waals surface area contributed by atoms with Gasteiger partial charge >= 0.3 is 17.9 Å². The first-order valence-electron chi connectivity index (χ1n) is 19.3. The van der Waals surface area contributed by atoms with Crippen LogP contribution in [0.4, 0.5) is 0 Å². The van der Waals surface area contributed by atoms with Crippen LogP contribution in [0.2, 0.25) is 0 Å². The van der Waals surface area contributed by atoms with E-state index in [0.29, 0.717) is 12.8 Å². The van der Waals surface area contributed by atoms with Crippen molar-refractivity contribution in [1.29, 1.82) is 0 Å². The van der Waals surface area contributed by atoms with Gasteiger partial charge in [-0.15, -0.1) is 0 Å². The van der Waals surface area contributed by atoms with Gasteiger partial charge in [-0.1, -0.05) is 152 Å². The monoisotopic (exact) mass is 671 g/mol. The summed E-state index contributed by atoms with van der Waals surface area (Å²) >= 11 is 0. The molecule has 1 atom stereocenters. The second-order valence-electron chi connectivity index (χ2n) is 12.4. The topological polar surface area (TPSA) is 78.9 Å². The molecule has 0 aliphatic rings. The second kappa shape index (κ2) is 36.9. The molecule has 0 saturated heterocycles. The third-order valence-electron chi connectivity index (χ3n) is 7.80. The second-order valence-corrected chi connectivity index (χ2v) is 12.4. The summed E-state index contributed by atoms with van der Waals surface area (Å²) in [7, 11) is 0.